The third kappa shape index (κ3) is 2.96. The maximum Gasteiger partial charge on any atom is 0.140 e. The van der Waals surface area contributed by atoms with Crippen LogP contribution in [0, 0.1) is 5.41 Å². The van der Waals surface area contributed by atoms with Gasteiger partial charge in [-0.25, -0.2) is 0 Å². The Labute approximate surface area is 81.2 Å². The van der Waals surface area contributed by atoms with E-state index >= 15 is 0 Å². The van der Waals surface area contributed by atoms with Crippen molar-refractivity contribution in [2.75, 3.05) is 6.54 Å². The molecular formula is C11H21NO. The summed E-state index contributed by atoms with van der Waals surface area (Å²) in [4.78, 5) is 11.8. The SMILES string of the molecule is C=CCCC(=O)C(CC)(CC)CN. The lowest BCUT2D eigenvalue weighted by molar-refractivity contribution is -0.128. The zero-order valence-corrected chi connectivity index (χ0v) is 8.81. The summed E-state index contributed by atoms with van der Waals surface area (Å²) in [5, 5.41) is 0. The van der Waals surface area contributed by atoms with Crippen molar-refractivity contribution in [2.45, 2.75) is 39.5 Å². The monoisotopic (exact) mass is 183 g/mol. The Kier molecular flexibility index (Phi) is 5.63. The lowest BCUT2D eigenvalue weighted by Crippen LogP contribution is -2.37. The molecule has 0 aliphatic heterocycles. The predicted molar refractivity (Wildman–Crippen MR) is 56.5 cm³/mol. The Balaban J connectivity index is 4.34. The van der Waals surface area contributed by atoms with Crippen LogP contribution in [-0.4, -0.2) is 12.3 Å². The van der Waals surface area contributed by atoms with E-state index in [1.165, 1.54) is 0 Å². The summed E-state index contributed by atoms with van der Waals surface area (Å²) < 4.78 is 0. The van der Waals surface area contributed by atoms with Crippen LogP contribution in [0.4, 0.5) is 0 Å². The zero-order chi connectivity index (χ0) is 10.3. The number of carbonyl (C=O) groups is 1. The smallest absolute Gasteiger partial charge is 0.140 e. The molecule has 0 unspecified atom stereocenters. The first-order valence-electron chi connectivity index (χ1n) is 5.01. The van der Waals surface area contributed by atoms with Gasteiger partial charge >= 0.3 is 0 Å². The van der Waals surface area contributed by atoms with Crippen molar-refractivity contribution in [2.24, 2.45) is 11.1 Å². The predicted octanol–water partition coefficient (Wildman–Crippen LogP) is 2.29. The first-order chi connectivity index (χ1) is 6.16. The lowest BCUT2D eigenvalue weighted by atomic mass is 9.77. The quantitative estimate of drug-likeness (QED) is 0.615. The van der Waals surface area contributed by atoms with Crippen LogP contribution in [0.2, 0.25) is 0 Å². The number of nitrogens with two attached hydrogens (primary N) is 1. The summed E-state index contributed by atoms with van der Waals surface area (Å²) in [7, 11) is 0. The number of Topliss-reactive ketones (excluding diaryl/α,β-unsaturated/α-hetero) is 1. The van der Waals surface area contributed by atoms with Gasteiger partial charge in [0, 0.05) is 18.4 Å². The minimum atomic E-state index is -0.275. The standard InChI is InChI=1S/C11H21NO/c1-4-7-8-10(13)11(5-2,6-3)9-12/h4H,1,5-9,12H2,2-3H3. The van der Waals surface area contributed by atoms with Crippen LogP contribution in [0.5, 0.6) is 0 Å². The molecular weight excluding hydrogens is 162 g/mol. The number of ketones is 1. The molecule has 0 aromatic heterocycles. The summed E-state index contributed by atoms with van der Waals surface area (Å²) in [6.45, 7) is 8.14. The first-order valence-corrected chi connectivity index (χ1v) is 5.01. The summed E-state index contributed by atoms with van der Waals surface area (Å²) in [6.07, 6.45) is 4.82. The summed E-state index contributed by atoms with van der Waals surface area (Å²) >= 11 is 0. The third-order valence-electron chi connectivity index (χ3n) is 2.91. The number of carbonyl (C=O) groups excluding carboxylic acids is 1. The van der Waals surface area contributed by atoms with Crippen molar-refractivity contribution >= 4 is 5.78 Å². The van der Waals surface area contributed by atoms with E-state index in [2.05, 4.69) is 6.58 Å². The van der Waals surface area contributed by atoms with Gasteiger partial charge in [0.1, 0.15) is 5.78 Å². The second kappa shape index (κ2) is 5.92. The highest BCUT2D eigenvalue weighted by Gasteiger charge is 2.31. The molecule has 0 aromatic rings. The van der Waals surface area contributed by atoms with E-state index in [0.29, 0.717) is 18.7 Å². The molecule has 0 spiro atoms. The molecule has 0 atom stereocenters. The van der Waals surface area contributed by atoms with Crippen LogP contribution in [0.25, 0.3) is 0 Å². The topological polar surface area (TPSA) is 43.1 Å². The molecule has 0 rings (SSSR count). The number of hydrogen-bond acceptors (Lipinski definition) is 2. The van der Waals surface area contributed by atoms with Crippen LogP contribution >= 0.6 is 0 Å². The van der Waals surface area contributed by atoms with E-state index in [0.717, 1.165) is 19.3 Å². The fraction of sp³-hybridized carbons (Fsp3) is 0.727. The molecule has 0 amide bonds. The van der Waals surface area contributed by atoms with Crippen LogP contribution in [0.1, 0.15) is 39.5 Å². The van der Waals surface area contributed by atoms with Crippen LogP contribution in [0.3, 0.4) is 0 Å². The number of rotatable bonds is 7. The van der Waals surface area contributed by atoms with Crippen molar-refractivity contribution in [1.29, 1.82) is 0 Å². The minimum absolute atomic E-state index is 0.275. The van der Waals surface area contributed by atoms with E-state index < -0.39 is 0 Å². The van der Waals surface area contributed by atoms with Gasteiger partial charge in [0.15, 0.2) is 0 Å². The van der Waals surface area contributed by atoms with Crippen LogP contribution < -0.4 is 5.73 Å². The van der Waals surface area contributed by atoms with Gasteiger partial charge in [-0.15, -0.1) is 6.58 Å². The van der Waals surface area contributed by atoms with Crippen molar-refractivity contribution in [1.82, 2.24) is 0 Å². The second-order valence-electron chi connectivity index (χ2n) is 3.44. The van der Waals surface area contributed by atoms with Crippen molar-refractivity contribution in [3.8, 4) is 0 Å². The lowest BCUT2D eigenvalue weighted by Gasteiger charge is -2.28. The van der Waals surface area contributed by atoms with Gasteiger partial charge < -0.3 is 5.73 Å². The Morgan fingerprint density at radius 2 is 2.00 bits per heavy atom. The molecule has 0 saturated carbocycles. The highest BCUT2D eigenvalue weighted by Crippen LogP contribution is 2.27. The Morgan fingerprint density at radius 1 is 1.46 bits per heavy atom. The van der Waals surface area contributed by atoms with E-state index in [-0.39, 0.29) is 5.41 Å². The normalized spacial score (nSPS) is 11.3. The van der Waals surface area contributed by atoms with Gasteiger partial charge in [0.05, 0.1) is 0 Å². The van der Waals surface area contributed by atoms with Crippen molar-refractivity contribution in [3.63, 3.8) is 0 Å². The summed E-state index contributed by atoms with van der Waals surface area (Å²) in [6, 6.07) is 0. The average molecular weight is 183 g/mol. The van der Waals surface area contributed by atoms with Gasteiger partial charge in [-0.3, -0.25) is 4.79 Å². The molecule has 0 heterocycles. The second-order valence-corrected chi connectivity index (χ2v) is 3.44. The Bertz CT molecular complexity index is 163. The fourth-order valence-corrected chi connectivity index (χ4v) is 1.55. The molecule has 0 saturated heterocycles. The molecule has 0 aliphatic rings. The van der Waals surface area contributed by atoms with Gasteiger partial charge in [-0.2, -0.15) is 0 Å². The van der Waals surface area contributed by atoms with Gasteiger partial charge in [-0.05, 0) is 19.3 Å². The highest BCUT2D eigenvalue weighted by molar-refractivity contribution is 5.85. The zero-order valence-electron chi connectivity index (χ0n) is 8.81. The van der Waals surface area contributed by atoms with E-state index in [1.54, 1.807) is 6.08 Å². The fourth-order valence-electron chi connectivity index (χ4n) is 1.55. The molecule has 2 nitrogen and oxygen atoms in total. The number of hydrogen-bond donors (Lipinski definition) is 1. The van der Waals surface area contributed by atoms with Crippen LogP contribution in [0.15, 0.2) is 12.7 Å². The maximum absolute atomic E-state index is 11.8. The maximum atomic E-state index is 11.8. The third-order valence-corrected chi connectivity index (χ3v) is 2.91. The van der Waals surface area contributed by atoms with E-state index in [1.807, 2.05) is 13.8 Å². The average Bonchev–Trinajstić information content (AvgIpc) is 2.18. The van der Waals surface area contributed by atoms with Gasteiger partial charge in [-0.1, -0.05) is 19.9 Å². The van der Waals surface area contributed by atoms with Gasteiger partial charge in [0.25, 0.3) is 0 Å². The van der Waals surface area contributed by atoms with Crippen molar-refractivity contribution in [3.05, 3.63) is 12.7 Å². The van der Waals surface area contributed by atoms with Gasteiger partial charge in [0.2, 0.25) is 0 Å². The molecule has 0 aliphatic carbocycles. The molecule has 2 heteroatoms. The van der Waals surface area contributed by atoms with Crippen LogP contribution in [-0.2, 0) is 4.79 Å². The molecule has 0 bridgehead atoms. The first kappa shape index (κ1) is 12.4. The molecule has 0 fully saturated rings. The summed E-state index contributed by atoms with van der Waals surface area (Å²) in [5.41, 5.74) is 5.38. The molecule has 13 heavy (non-hydrogen) atoms. The minimum Gasteiger partial charge on any atom is -0.329 e. The molecule has 76 valence electrons. The largest absolute Gasteiger partial charge is 0.329 e. The number of allylic oxidation sites excluding steroid dienone is 1. The Morgan fingerprint density at radius 3 is 2.31 bits per heavy atom. The van der Waals surface area contributed by atoms with E-state index in [4.69, 9.17) is 5.73 Å². The molecule has 2 N–H and O–H groups in total. The highest BCUT2D eigenvalue weighted by atomic mass is 16.1. The molecule has 0 radical (unpaired) electrons. The van der Waals surface area contributed by atoms with Crippen molar-refractivity contribution < 1.29 is 4.79 Å². The Hall–Kier alpha value is -0.630. The van der Waals surface area contributed by atoms with E-state index in [9.17, 15) is 4.79 Å². The molecule has 0 aromatic carbocycles. The summed E-state index contributed by atoms with van der Waals surface area (Å²) in [5.74, 6) is 0.292.